The van der Waals surface area contributed by atoms with E-state index < -0.39 is 0 Å². The predicted octanol–water partition coefficient (Wildman–Crippen LogP) is 5.56. The summed E-state index contributed by atoms with van der Waals surface area (Å²) in [7, 11) is 0. The molecule has 1 saturated heterocycles. The lowest BCUT2D eigenvalue weighted by atomic mass is 9.74. The molecule has 4 heteroatoms. The molecular formula is C24H25NO2S. The third-order valence-electron chi connectivity index (χ3n) is 5.89. The summed E-state index contributed by atoms with van der Waals surface area (Å²) in [4.78, 5) is 16.4. The van der Waals surface area contributed by atoms with E-state index >= 15 is 0 Å². The first-order valence-corrected chi connectivity index (χ1v) is 10.8. The summed E-state index contributed by atoms with van der Waals surface area (Å²) in [6.07, 6.45) is 1.59. The molecule has 2 aromatic carbocycles. The zero-order valence-electron chi connectivity index (χ0n) is 16.5. The van der Waals surface area contributed by atoms with Gasteiger partial charge in [-0.15, -0.1) is 11.3 Å². The number of nitrogens with zero attached hydrogens (tertiary/aromatic N) is 1. The monoisotopic (exact) mass is 391 g/mol. The number of carbonyl (C=O) groups is 1. The van der Waals surface area contributed by atoms with E-state index in [4.69, 9.17) is 4.74 Å². The van der Waals surface area contributed by atoms with E-state index in [1.165, 1.54) is 32.5 Å². The molecule has 3 nitrogen and oxygen atoms in total. The van der Waals surface area contributed by atoms with Crippen LogP contribution in [-0.4, -0.2) is 32.1 Å². The SMILES string of the molecule is CC1(C)CC(=O)c2sc(N3CCOCC3)c(-c3cccc4ccccc34)c2C1. The predicted molar refractivity (Wildman–Crippen MR) is 117 cm³/mol. The first-order valence-electron chi connectivity index (χ1n) is 10.0. The Morgan fingerprint density at radius 2 is 1.75 bits per heavy atom. The van der Waals surface area contributed by atoms with Crippen LogP contribution in [0, 0.1) is 5.41 Å². The summed E-state index contributed by atoms with van der Waals surface area (Å²) in [6, 6.07) is 15.1. The van der Waals surface area contributed by atoms with Crippen molar-refractivity contribution >= 4 is 32.9 Å². The van der Waals surface area contributed by atoms with Crippen LogP contribution in [0.5, 0.6) is 0 Å². The lowest BCUT2D eigenvalue weighted by Gasteiger charge is -2.30. The van der Waals surface area contributed by atoms with Crippen molar-refractivity contribution in [3.8, 4) is 11.1 Å². The van der Waals surface area contributed by atoms with Gasteiger partial charge in [0.2, 0.25) is 0 Å². The highest BCUT2D eigenvalue weighted by molar-refractivity contribution is 7.19. The van der Waals surface area contributed by atoms with Crippen LogP contribution in [0.3, 0.4) is 0 Å². The molecule has 3 aromatic rings. The quantitative estimate of drug-likeness (QED) is 0.573. The molecule has 1 aliphatic heterocycles. The molecule has 0 amide bonds. The number of morpholine rings is 1. The highest BCUT2D eigenvalue weighted by atomic mass is 32.1. The van der Waals surface area contributed by atoms with Crippen LogP contribution in [0.1, 0.15) is 35.5 Å². The van der Waals surface area contributed by atoms with Crippen molar-refractivity contribution in [3.63, 3.8) is 0 Å². The summed E-state index contributed by atoms with van der Waals surface area (Å²) in [5.41, 5.74) is 3.79. The number of ether oxygens (including phenoxy) is 1. The lowest BCUT2D eigenvalue weighted by molar-refractivity contribution is 0.0918. The van der Waals surface area contributed by atoms with E-state index in [2.05, 4.69) is 61.2 Å². The Bertz CT molecular complexity index is 1050. The minimum Gasteiger partial charge on any atom is -0.378 e. The molecule has 0 unspecified atom stereocenters. The van der Waals surface area contributed by atoms with E-state index in [0.29, 0.717) is 12.2 Å². The fraction of sp³-hybridized carbons (Fsp3) is 0.375. The molecule has 1 fully saturated rings. The summed E-state index contributed by atoms with van der Waals surface area (Å²) in [5.74, 6) is 0.303. The zero-order valence-corrected chi connectivity index (χ0v) is 17.3. The summed E-state index contributed by atoms with van der Waals surface area (Å²) in [5, 5.41) is 3.75. The molecule has 0 bridgehead atoms. The lowest BCUT2D eigenvalue weighted by Crippen LogP contribution is -2.36. The van der Waals surface area contributed by atoms with Gasteiger partial charge in [0.1, 0.15) is 5.00 Å². The maximum atomic E-state index is 13.0. The van der Waals surface area contributed by atoms with E-state index in [-0.39, 0.29) is 5.41 Å². The van der Waals surface area contributed by atoms with Gasteiger partial charge < -0.3 is 9.64 Å². The second-order valence-electron chi connectivity index (χ2n) is 8.66. The van der Waals surface area contributed by atoms with Gasteiger partial charge >= 0.3 is 0 Å². The maximum absolute atomic E-state index is 13.0. The van der Waals surface area contributed by atoms with Gasteiger partial charge in [-0.1, -0.05) is 56.3 Å². The second kappa shape index (κ2) is 6.71. The van der Waals surface area contributed by atoms with Gasteiger partial charge in [-0.25, -0.2) is 0 Å². The van der Waals surface area contributed by atoms with E-state index in [1.54, 1.807) is 11.3 Å². The van der Waals surface area contributed by atoms with Crippen molar-refractivity contribution in [2.75, 3.05) is 31.2 Å². The molecule has 2 aliphatic rings. The van der Waals surface area contributed by atoms with Crippen molar-refractivity contribution in [2.24, 2.45) is 5.41 Å². The summed E-state index contributed by atoms with van der Waals surface area (Å²) in [6.45, 7) is 7.69. The molecule has 2 heterocycles. The van der Waals surface area contributed by atoms with E-state index in [1.807, 2.05) is 0 Å². The fourth-order valence-electron chi connectivity index (χ4n) is 4.61. The smallest absolute Gasteiger partial charge is 0.173 e. The zero-order chi connectivity index (χ0) is 19.3. The Morgan fingerprint density at radius 1 is 1.00 bits per heavy atom. The number of carbonyl (C=O) groups excluding carboxylic acids is 1. The third-order valence-corrected chi connectivity index (χ3v) is 7.23. The molecule has 0 spiro atoms. The second-order valence-corrected chi connectivity index (χ2v) is 9.66. The van der Waals surface area contributed by atoms with Crippen LogP contribution in [0.15, 0.2) is 42.5 Å². The molecule has 5 rings (SSSR count). The van der Waals surface area contributed by atoms with Crippen molar-refractivity contribution in [2.45, 2.75) is 26.7 Å². The van der Waals surface area contributed by atoms with Gasteiger partial charge in [0.05, 0.1) is 18.1 Å². The number of hydrogen-bond donors (Lipinski definition) is 0. The van der Waals surface area contributed by atoms with Crippen LogP contribution in [0.25, 0.3) is 21.9 Å². The first kappa shape index (κ1) is 17.9. The van der Waals surface area contributed by atoms with Crippen molar-refractivity contribution in [3.05, 3.63) is 52.9 Å². The minimum atomic E-state index is 0.00672. The Labute approximate surface area is 169 Å². The molecule has 1 aliphatic carbocycles. The molecular weight excluding hydrogens is 366 g/mol. The largest absolute Gasteiger partial charge is 0.378 e. The standard InChI is InChI=1S/C24H25NO2S/c1-24(2)14-19-21(18-9-5-7-16-6-3-4-8-17(16)18)23(25-10-12-27-13-11-25)28-22(19)20(26)15-24/h3-9H,10-15H2,1-2H3. The molecule has 0 saturated carbocycles. The molecule has 0 N–H and O–H groups in total. The first-order chi connectivity index (χ1) is 13.5. The van der Waals surface area contributed by atoms with Gasteiger partial charge in [0.15, 0.2) is 5.78 Å². The number of thiophene rings is 1. The number of anilines is 1. The summed E-state index contributed by atoms with van der Waals surface area (Å²) < 4.78 is 5.59. The number of ketones is 1. The fourth-order valence-corrected chi connectivity index (χ4v) is 5.94. The van der Waals surface area contributed by atoms with Gasteiger partial charge in [-0.3, -0.25) is 4.79 Å². The van der Waals surface area contributed by atoms with Crippen LogP contribution in [0.2, 0.25) is 0 Å². The van der Waals surface area contributed by atoms with Crippen LogP contribution in [0.4, 0.5) is 5.00 Å². The normalized spacial score (nSPS) is 19.1. The molecule has 144 valence electrons. The van der Waals surface area contributed by atoms with Gasteiger partial charge in [0.25, 0.3) is 0 Å². The number of Topliss-reactive ketones (excluding diaryl/α,β-unsaturated/α-hetero) is 1. The highest BCUT2D eigenvalue weighted by Gasteiger charge is 2.37. The Morgan fingerprint density at radius 3 is 2.57 bits per heavy atom. The number of benzene rings is 2. The highest BCUT2D eigenvalue weighted by Crippen LogP contribution is 2.50. The van der Waals surface area contributed by atoms with E-state index in [9.17, 15) is 4.79 Å². The molecule has 0 radical (unpaired) electrons. The average Bonchev–Trinajstić information content (AvgIpc) is 3.06. The number of rotatable bonds is 2. The van der Waals surface area contributed by atoms with Gasteiger partial charge in [-0.05, 0) is 33.7 Å². The van der Waals surface area contributed by atoms with Crippen LogP contribution < -0.4 is 4.90 Å². The maximum Gasteiger partial charge on any atom is 0.173 e. The van der Waals surface area contributed by atoms with Crippen molar-refractivity contribution in [1.29, 1.82) is 0 Å². The van der Waals surface area contributed by atoms with Gasteiger partial charge in [0, 0.05) is 25.1 Å². The van der Waals surface area contributed by atoms with E-state index in [0.717, 1.165) is 37.6 Å². The van der Waals surface area contributed by atoms with Crippen molar-refractivity contribution in [1.82, 2.24) is 0 Å². The number of hydrogen-bond acceptors (Lipinski definition) is 4. The number of fused-ring (bicyclic) bond motifs is 2. The molecule has 0 atom stereocenters. The van der Waals surface area contributed by atoms with Crippen LogP contribution in [-0.2, 0) is 11.2 Å². The molecule has 28 heavy (non-hydrogen) atoms. The average molecular weight is 392 g/mol. The Kier molecular flexibility index (Phi) is 4.29. The molecule has 1 aromatic heterocycles. The third kappa shape index (κ3) is 2.96. The summed E-state index contributed by atoms with van der Waals surface area (Å²) >= 11 is 1.70. The minimum absolute atomic E-state index is 0.00672. The van der Waals surface area contributed by atoms with Crippen LogP contribution >= 0.6 is 11.3 Å². The Balaban J connectivity index is 1.78. The van der Waals surface area contributed by atoms with Gasteiger partial charge in [-0.2, -0.15) is 0 Å². The Hall–Kier alpha value is -2.17. The topological polar surface area (TPSA) is 29.5 Å². The van der Waals surface area contributed by atoms with Crippen molar-refractivity contribution < 1.29 is 9.53 Å².